The lowest BCUT2D eigenvalue weighted by Gasteiger charge is -2.28. The van der Waals surface area contributed by atoms with E-state index in [1.54, 1.807) is 18.2 Å². The van der Waals surface area contributed by atoms with Gasteiger partial charge < -0.3 is 24.6 Å². The normalized spacial score (nSPS) is 27.6. The Hall–Kier alpha value is -2.80. The first-order chi connectivity index (χ1) is 15.4. The number of hydrogen-bond donors (Lipinski definition) is 5. The smallest absolute Gasteiger partial charge is 0.459 e. The lowest BCUT2D eigenvalue weighted by Crippen LogP contribution is -2.47. The molecule has 1 saturated heterocycles. The number of carboxylic acid groups (broad SMARTS) is 1. The Kier molecular flexibility index (Phi) is 7.22. The molecule has 0 spiro atoms. The van der Waals surface area contributed by atoms with Crippen LogP contribution in [0, 0.1) is 0 Å². The highest BCUT2D eigenvalue weighted by atomic mass is 31.2. The fraction of sp³-hybridized carbons (Fsp3) is 0.421. The maximum Gasteiger partial charge on any atom is 0.459 e. The predicted molar refractivity (Wildman–Crippen MR) is 113 cm³/mol. The summed E-state index contributed by atoms with van der Waals surface area (Å²) in [6.45, 7) is 1.85. The van der Waals surface area contributed by atoms with Crippen LogP contribution in [0.1, 0.15) is 20.1 Å². The molecule has 0 bridgehead atoms. The van der Waals surface area contributed by atoms with Crippen molar-refractivity contribution in [1.82, 2.24) is 14.6 Å². The van der Waals surface area contributed by atoms with Crippen LogP contribution in [-0.2, 0) is 18.6 Å². The van der Waals surface area contributed by atoms with Gasteiger partial charge in [-0.1, -0.05) is 18.2 Å². The number of H-pyrrole nitrogens is 1. The van der Waals surface area contributed by atoms with Crippen molar-refractivity contribution >= 4 is 13.7 Å². The molecule has 5 N–H and O–H groups in total. The Morgan fingerprint density at radius 3 is 2.61 bits per heavy atom. The topological polar surface area (TPSA) is 189 Å². The van der Waals surface area contributed by atoms with Crippen LogP contribution in [0.5, 0.6) is 5.75 Å². The third kappa shape index (κ3) is 5.58. The number of carbonyl (C=O) groups is 1. The van der Waals surface area contributed by atoms with Crippen molar-refractivity contribution in [3.8, 4) is 5.75 Å². The molecule has 0 amide bonds. The first kappa shape index (κ1) is 24.8. The summed E-state index contributed by atoms with van der Waals surface area (Å²) in [6.07, 6.45) is -3.24. The largest absolute Gasteiger partial charge is 0.480 e. The van der Waals surface area contributed by atoms with Crippen molar-refractivity contribution in [3.63, 3.8) is 0 Å². The van der Waals surface area contributed by atoms with Gasteiger partial charge in [-0.05, 0) is 26.0 Å². The standard InChI is InChI=1S/C19H24N3O10P/c1-11(17(25)26)21-33(29,32-12-6-4-3-5-7-12)30-10-13-19(2,28)15(24)16(31-13)22-9-8-14(23)20-18(22)27/h3-9,11,13,15-16,24,28H,10H2,1-2H3,(H,21,29)(H,25,26)(H,20,23,27)/t11-,13+,15-,16+,19-,33?/m0/s1. The first-order valence-electron chi connectivity index (χ1n) is 9.80. The molecular weight excluding hydrogens is 461 g/mol. The van der Waals surface area contributed by atoms with Crippen LogP contribution in [0.25, 0.3) is 0 Å². The average Bonchev–Trinajstić information content (AvgIpc) is 2.96. The average molecular weight is 485 g/mol. The number of para-hydroxylation sites is 1. The quantitative estimate of drug-likeness (QED) is 0.296. The Balaban J connectivity index is 1.81. The Morgan fingerprint density at radius 1 is 1.33 bits per heavy atom. The maximum atomic E-state index is 13.3. The fourth-order valence-electron chi connectivity index (χ4n) is 3.08. The molecule has 1 aliphatic heterocycles. The molecule has 33 heavy (non-hydrogen) atoms. The van der Waals surface area contributed by atoms with Crippen molar-refractivity contribution in [2.45, 2.75) is 43.9 Å². The van der Waals surface area contributed by atoms with Gasteiger partial charge in [-0.3, -0.25) is 23.7 Å². The van der Waals surface area contributed by atoms with Gasteiger partial charge in [0, 0.05) is 12.3 Å². The fourth-order valence-corrected chi connectivity index (χ4v) is 4.58. The third-order valence-electron chi connectivity index (χ3n) is 5.04. The van der Waals surface area contributed by atoms with Gasteiger partial charge in [0.25, 0.3) is 5.56 Å². The van der Waals surface area contributed by atoms with E-state index >= 15 is 0 Å². The van der Waals surface area contributed by atoms with Crippen molar-refractivity contribution in [2.75, 3.05) is 6.61 Å². The highest BCUT2D eigenvalue weighted by molar-refractivity contribution is 7.52. The van der Waals surface area contributed by atoms with Crippen LogP contribution in [0.15, 0.2) is 52.2 Å². The molecule has 1 fully saturated rings. The molecule has 0 radical (unpaired) electrons. The van der Waals surface area contributed by atoms with Crippen LogP contribution in [0.4, 0.5) is 0 Å². The number of ether oxygens (including phenoxy) is 1. The van der Waals surface area contributed by atoms with Crippen LogP contribution < -0.4 is 20.9 Å². The summed E-state index contributed by atoms with van der Waals surface area (Å²) in [4.78, 5) is 36.6. The number of rotatable bonds is 9. The highest BCUT2D eigenvalue weighted by Crippen LogP contribution is 2.46. The number of aliphatic hydroxyl groups excluding tert-OH is 1. The zero-order chi connectivity index (χ0) is 24.4. The monoisotopic (exact) mass is 485 g/mol. The lowest BCUT2D eigenvalue weighted by atomic mass is 9.95. The summed E-state index contributed by atoms with van der Waals surface area (Å²) in [5.74, 6) is -1.18. The number of hydrogen-bond acceptors (Lipinski definition) is 9. The first-order valence-corrected chi connectivity index (χ1v) is 11.3. The van der Waals surface area contributed by atoms with E-state index in [4.69, 9.17) is 18.9 Å². The number of nitrogens with one attached hydrogen (secondary N) is 2. The molecule has 1 aliphatic rings. The SMILES string of the molecule is C[C@H](NP(=O)(OC[C@H]1O[C@@H](n2ccc(=O)[nH]c2=O)[C@H](O)[C@@]1(C)O)Oc1ccccc1)C(=O)O. The van der Waals surface area contributed by atoms with Crippen LogP contribution >= 0.6 is 7.75 Å². The Labute approximate surface area is 187 Å². The van der Waals surface area contributed by atoms with E-state index in [2.05, 4.69) is 5.09 Å². The number of aromatic amines is 1. The summed E-state index contributed by atoms with van der Waals surface area (Å²) in [7, 11) is -4.31. The molecule has 2 heterocycles. The van der Waals surface area contributed by atoms with E-state index in [-0.39, 0.29) is 5.75 Å². The number of aromatic nitrogens is 2. The Morgan fingerprint density at radius 2 is 2.00 bits per heavy atom. The zero-order valence-corrected chi connectivity index (χ0v) is 18.5. The second kappa shape index (κ2) is 9.59. The molecule has 0 aliphatic carbocycles. The number of aliphatic hydroxyl groups is 2. The van der Waals surface area contributed by atoms with E-state index in [1.807, 2.05) is 4.98 Å². The van der Waals surface area contributed by atoms with E-state index < -0.39 is 61.7 Å². The van der Waals surface area contributed by atoms with E-state index in [1.165, 1.54) is 26.0 Å². The maximum absolute atomic E-state index is 13.3. The van der Waals surface area contributed by atoms with E-state index in [9.17, 15) is 29.2 Å². The molecule has 1 aromatic heterocycles. The second-order valence-corrected chi connectivity index (χ2v) is 9.28. The highest BCUT2D eigenvalue weighted by Gasteiger charge is 2.54. The number of carboxylic acids is 1. The van der Waals surface area contributed by atoms with Gasteiger partial charge in [0.1, 0.15) is 29.6 Å². The lowest BCUT2D eigenvalue weighted by molar-refractivity contribution is -0.138. The summed E-state index contributed by atoms with van der Waals surface area (Å²) in [6, 6.07) is 7.58. The molecule has 6 atom stereocenters. The van der Waals surface area contributed by atoms with Crippen molar-refractivity contribution in [2.24, 2.45) is 0 Å². The third-order valence-corrected chi connectivity index (χ3v) is 6.68. The summed E-state index contributed by atoms with van der Waals surface area (Å²) in [5.41, 5.74) is -3.51. The van der Waals surface area contributed by atoms with Gasteiger partial charge in [0.15, 0.2) is 6.23 Å². The molecule has 13 nitrogen and oxygen atoms in total. The van der Waals surface area contributed by atoms with Crippen molar-refractivity contribution < 1.29 is 38.5 Å². The zero-order valence-electron chi connectivity index (χ0n) is 17.7. The van der Waals surface area contributed by atoms with Crippen molar-refractivity contribution in [1.29, 1.82) is 0 Å². The molecule has 0 saturated carbocycles. The van der Waals surface area contributed by atoms with Crippen molar-refractivity contribution in [3.05, 3.63) is 63.4 Å². The van der Waals surface area contributed by atoms with Gasteiger partial charge in [-0.2, -0.15) is 5.09 Å². The number of nitrogens with zero attached hydrogens (tertiary/aromatic N) is 1. The molecule has 2 aromatic rings. The summed E-state index contributed by atoms with van der Waals surface area (Å²) < 4.78 is 30.5. The predicted octanol–water partition coefficient (Wildman–Crippen LogP) is -0.188. The van der Waals surface area contributed by atoms with Crippen LogP contribution in [0.2, 0.25) is 0 Å². The molecule has 180 valence electrons. The number of aliphatic carboxylic acids is 1. The van der Waals surface area contributed by atoms with E-state index in [0.29, 0.717) is 0 Å². The molecular formula is C19H24N3O10P. The number of benzene rings is 1. The second-order valence-electron chi connectivity index (χ2n) is 7.59. The summed E-state index contributed by atoms with van der Waals surface area (Å²) in [5, 5.41) is 32.8. The minimum absolute atomic E-state index is 0.128. The van der Waals surface area contributed by atoms with Gasteiger partial charge in [-0.25, -0.2) is 9.36 Å². The Bertz CT molecular complexity index is 1150. The van der Waals surface area contributed by atoms with E-state index in [0.717, 1.165) is 16.8 Å². The van der Waals surface area contributed by atoms with Gasteiger partial charge in [-0.15, -0.1) is 0 Å². The molecule has 14 heteroatoms. The van der Waals surface area contributed by atoms with Gasteiger partial charge >= 0.3 is 19.4 Å². The minimum Gasteiger partial charge on any atom is -0.480 e. The minimum atomic E-state index is -4.31. The molecule has 1 unspecified atom stereocenters. The van der Waals surface area contributed by atoms with Gasteiger partial charge in [0.05, 0.1) is 6.61 Å². The molecule has 1 aromatic carbocycles. The summed E-state index contributed by atoms with van der Waals surface area (Å²) >= 11 is 0. The van der Waals surface area contributed by atoms with Gasteiger partial charge in [0.2, 0.25) is 0 Å². The van der Waals surface area contributed by atoms with Crippen LogP contribution in [-0.4, -0.2) is 61.3 Å². The van der Waals surface area contributed by atoms with Crippen LogP contribution in [0.3, 0.4) is 0 Å². The molecule has 3 rings (SSSR count).